The van der Waals surface area contributed by atoms with Gasteiger partial charge in [0.1, 0.15) is 23.1 Å². The predicted molar refractivity (Wildman–Crippen MR) is 109 cm³/mol. The summed E-state index contributed by atoms with van der Waals surface area (Å²) in [4.78, 5) is 18.2. The predicted octanol–water partition coefficient (Wildman–Crippen LogP) is 5.59. The number of halogens is 3. The minimum atomic E-state index is -0.768. The zero-order chi connectivity index (χ0) is 19.8. The Labute approximate surface area is 169 Å². The van der Waals surface area contributed by atoms with Gasteiger partial charge in [-0.3, -0.25) is 9.36 Å². The van der Waals surface area contributed by atoms with Gasteiger partial charge in [-0.05, 0) is 36.6 Å². The van der Waals surface area contributed by atoms with Crippen molar-refractivity contribution in [3.05, 3.63) is 76.4 Å². The van der Waals surface area contributed by atoms with E-state index in [9.17, 15) is 13.6 Å². The lowest BCUT2D eigenvalue weighted by molar-refractivity contribution is 0.111. The van der Waals surface area contributed by atoms with Crippen LogP contribution in [-0.4, -0.2) is 22.3 Å². The van der Waals surface area contributed by atoms with Crippen molar-refractivity contribution in [3.8, 4) is 5.69 Å². The average Bonchev–Trinajstić information content (AvgIpc) is 3.04. The number of anilines is 1. The van der Waals surface area contributed by atoms with Gasteiger partial charge in [-0.2, -0.15) is 0 Å². The first kappa shape index (κ1) is 18.7. The van der Waals surface area contributed by atoms with Crippen LogP contribution in [0.25, 0.3) is 5.69 Å². The summed E-state index contributed by atoms with van der Waals surface area (Å²) in [7, 11) is 0. The second kappa shape index (κ2) is 7.41. The number of thioether (sulfide) groups is 1. The first-order valence-electron chi connectivity index (χ1n) is 8.34. The van der Waals surface area contributed by atoms with E-state index in [4.69, 9.17) is 11.6 Å². The molecule has 0 spiro atoms. The molecule has 0 N–H and O–H groups in total. The number of aliphatic imine (C=N–C) groups is 1. The van der Waals surface area contributed by atoms with E-state index in [0.29, 0.717) is 34.4 Å². The van der Waals surface area contributed by atoms with Gasteiger partial charge in [0, 0.05) is 5.56 Å². The molecule has 0 bridgehead atoms. The third-order valence-corrected chi connectivity index (χ3v) is 5.44. The molecule has 1 aliphatic rings. The number of fused-ring (bicyclic) bond motifs is 1. The summed E-state index contributed by atoms with van der Waals surface area (Å²) in [6.45, 7) is 0.364. The van der Waals surface area contributed by atoms with Gasteiger partial charge in [-0.1, -0.05) is 41.6 Å². The van der Waals surface area contributed by atoms with Gasteiger partial charge in [-0.25, -0.2) is 13.8 Å². The fourth-order valence-electron chi connectivity index (χ4n) is 3.24. The molecule has 28 heavy (non-hydrogen) atoms. The van der Waals surface area contributed by atoms with Crippen LogP contribution in [0, 0.1) is 11.6 Å². The number of nitrogens with zero attached hydrogens (tertiary/aromatic N) is 3. The van der Waals surface area contributed by atoms with Crippen LogP contribution in [0.15, 0.2) is 53.5 Å². The summed E-state index contributed by atoms with van der Waals surface area (Å²) in [6.07, 6.45) is 2.42. The Hall–Kier alpha value is -2.64. The Bertz CT molecular complexity index is 1090. The summed E-state index contributed by atoms with van der Waals surface area (Å²) in [5.74, 6) is -1.20. The molecular formula is C20H14ClF2N3OS. The van der Waals surface area contributed by atoms with Crippen molar-refractivity contribution in [2.45, 2.75) is 6.54 Å². The molecule has 4 rings (SSSR count). The SMILES string of the molecule is CSC1=Nc2c(cc(C=O)n2-c2c(F)cccc2F)CN1c1ccccc1Cl. The van der Waals surface area contributed by atoms with Crippen LogP contribution in [0.5, 0.6) is 0 Å². The van der Waals surface area contributed by atoms with Crippen molar-refractivity contribution in [3.63, 3.8) is 0 Å². The fraction of sp³-hybridized carbons (Fsp3) is 0.100. The number of aromatic nitrogens is 1. The average molecular weight is 418 g/mol. The lowest BCUT2D eigenvalue weighted by Gasteiger charge is -2.29. The molecule has 142 valence electrons. The summed E-state index contributed by atoms with van der Waals surface area (Å²) in [5, 5.41) is 1.16. The number of amidine groups is 1. The van der Waals surface area contributed by atoms with Crippen LogP contribution in [-0.2, 0) is 6.54 Å². The number of carbonyl (C=O) groups excluding carboxylic acids is 1. The van der Waals surface area contributed by atoms with Crippen molar-refractivity contribution >= 4 is 46.3 Å². The van der Waals surface area contributed by atoms with Crippen LogP contribution in [0.4, 0.5) is 20.3 Å². The molecule has 1 aliphatic heterocycles. The zero-order valence-corrected chi connectivity index (χ0v) is 16.3. The first-order valence-corrected chi connectivity index (χ1v) is 9.94. The van der Waals surface area contributed by atoms with Crippen LogP contribution in [0.2, 0.25) is 5.02 Å². The van der Waals surface area contributed by atoms with E-state index in [1.54, 1.807) is 12.1 Å². The van der Waals surface area contributed by atoms with Gasteiger partial charge in [0.15, 0.2) is 11.5 Å². The highest BCUT2D eigenvalue weighted by molar-refractivity contribution is 8.13. The second-order valence-corrected chi connectivity index (χ2v) is 7.26. The Kier molecular flexibility index (Phi) is 4.95. The summed E-state index contributed by atoms with van der Waals surface area (Å²) in [6, 6.07) is 12.5. The monoisotopic (exact) mass is 417 g/mol. The standard InChI is InChI=1S/C20H14ClF2N3OS/c1-28-20-24-19-12(10-25(20)17-8-3-2-5-14(17)21)9-13(11-27)26(19)18-15(22)6-4-7-16(18)23/h2-9,11H,10H2,1H3. The topological polar surface area (TPSA) is 37.6 Å². The Morgan fingerprint density at radius 3 is 2.50 bits per heavy atom. The van der Waals surface area contributed by atoms with Crippen LogP contribution < -0.4 is 4.90 Å². The number of benzene rings is 2. The molecular weight excluding hydrogens is 404 g/mol. The number of para-hydroxylation sites is 2. The van der Waals surface area contributed by atoms with E-state index < -0.39 is 11.6 Å². The van der Waals surface area contributed by atoms with Gasteiger partial charge in [0.2, 0.25) is 0 Å². The quantitative estimate of drug-likeness (QED) is 0.521. The highest BCUT2D eigenvalue weighted by Crippen LogP contribution is 2.39. The molecule has 0 radical (unpaired) electrons. The van der Waals surface area contributed by atoms with E-state index in [2.05, 4.69) is 4.99 Å². The van der Waals surface area contributed by atoms with E-state index in [-0.39, 0.29) is 11.4 Å². The minimum Gasteiger partial charge on any atom is -0.315 e. The van der Waals surface area contributed by atoms with Crippen molar-refractivity contribution in [1.29, 1.82) is 0 Å². The van der Waals surface area contributed by atoms with Crippen LogP contribution in [0.3, 0.4) is 0 Å². The summed E-state index contributed by atoms with van der Waals surface area (Å²) < 4.78 is 30.1. The molecule has 0 aliphatic carbocycles. The maximum absolute atomic E-state index is 14.4. The molecule has 0 atom stereocenters. The molecule has 3 aromatic rings. The van der Waals surface area contributed by atoms with Crippen LogP contribution >= 0.6 is 23.4 Å². The Morgan fingerprint density at radius 2 is 1.86 bits per heavy atom. The number of hydrogen-bond acceptors (Lipinski definition) is 4. The maximum atomic E-state index is 14.4. The molecule has 2 heterocycles. The fourth-order valence-corrected chi connectivity index (χ4v) is 4.04. The second-order valence-electron chi connectivity index (χ2n) is 6.08. The number of rotatable bonds is 3. The lowest BCUT2D eigenvalue weighted by Crippen LogP contribution is -2.30. The normalized spacial score (nSPS) is 13.3. The summed E-state index contributed by atoms with van der Waals surface area (Å²) in [5.41, 5.74) is 1.24. The van der Waals surface area contributed by atoms with E-state index in [1.807, 2.05) is 29.4 Å². The van der Waals surface area contributed by atoms with Crippen molar-refractivity contribution in [2.24, 2.45) is 4.99 Å². The van der Waals surface area contributed by atoms with Gasteiger partial charge in [0.05, 0.1) is 22.9 Å². The Morgan fingerprint density at radius 1 is 1.14 bits per heavy atom. The zero-order valence-electron chi connectivity index (χ0n) is 14.7. The smallest absolute Gasteiger partial charge is 0.170 e. The molecule has 8 heteroatoms. The highest BCUT2D eigenvalue weighted by Gasteiger charge is 2.28. The third kappa shape index (κ3) is 3.00. The van der Waals surface area contributed by atoms with E-state index in [0.717, 1.165) is 17.8 Å². The van der Waals surface area contributed by atoms with Crippen molar-refractivity contribution in [1.82, 2.24) is 4.57 Å². The number of hydrogen-bond donors (Lipinski definition) is 0. The van der Waals surface area contributed by atoms with Gasteiger partial charge in [-0.15, -0.1) is 0 Å². The minimum absolute atomic E-state index is 0.124. The number of carbonyl (C=O) groups is 1. The highest BCUT2D eigenvalue weighted by atomic mass is 35.5. The third-order valence-electron chi connectivity index (χ3n) is 4.45. The Balaban J connectivity index is 1.92. The number of aldehydes is 1. The molecule has 0 fully saturated rings. The van der Waals surface area contributed by atoms with Gasteiger partial charge < -0.3 is 4.90 Å². The van der Waals surface area contributed by atoms with Crippen molar-refractivity contribution in [2.75, 3.05) is 11.2 Å². The maximum Gasteiger partial charge on any atom is 0.170 e. The lowest BCUT2D eigenvalue weighted by atomic mass is 10.2. The van der Waals surface area contributed by atoms with Crippen LogP contribution in [0.1, 0.15) is 16.1 Å². The molecule has 0 amide bonds. The van der Waals surface area contributed by atoms with Gasteiger partial charge in [0.25, 0.3) is 0 Å². The molecule has 0 saturated carbocycles. The van der Waals surface area contributed by atoms with Gasteiger partial charge >= 0.3 is 0 Å². The largest absolute Gasteiger partial charge is 0.315 e. The molecule has 1 aromatic heterocycles. The molecule has 0 saturated heterocycles. The molecule has 4 nitrogen and oxygen atoms in total. The molecule has 0 unspecified atom stereocenters. The first-order chi connectivity index (χ1) is 13.5. The van der Waals surface area contributed by atoms with E-state index >= 15 is 0 Å². The molecule has 2 aromatic carbocycles. The van der Waals surface area contributed by atoms with Crippen molar-refractivity contribution < 1.29 is 13.6 Å². The summed E-state index contributed by atoms with van der Waals surface area (Å²) >= 11 is 7.72. The van der Waals surface area contributed by atoms with E-state index in [1.165, 1.54) is 22.4 Å².